The predicted molar refractivity (Wildman–Crippen MR) is 123 cm³/mol. The van der Waals surface area contributed by atoms with Gasteiger partial charge in [-0.3, -0.25) is 9.59 Å². The van der Waals surface area contributed by atoms with E-state index in [0.717, 1.165) is 30.0 Å². The largest absolute Gasteiger partial charge is 0.353 e. The minimum Gasteiger partial charge on any atom is -0.353 e. The van der Waals surface area contributed by atoms with Gasteiger partial charge in [0.25, 0.3) is 0 Å². The number of carbonyl (C=O) groups is 2. The van der Waals surface area contributed by atoms with Crippen LogP contribution in [0.25, 0.3) is 11.3 Å². The van der Waals surface area contributed by atoms with Crippen molar-refractivity contribution in [3.8, 4) is 11.3 Å². The molecule has 166 valence electrons. The molecule has 3 rings (SSSR count). The van der Waals surface area contributed by atoms with E-state index in [2.05, 4.69) is 15.1 Å². The molecule has 2 amide bonds. The van der Waals surface area contributed by atoms with Crippen LogP contribution in [0.1, 0.15) is 34.1 Å². The Morgan fingerprint density at radius 3 is 2.29 bits per heavy atom. The number of benzene rings is 1. The number of amides is 2. The maximum atomic E-state index is 12.9. The van der Waals surface area contributed by atoms with Crippen molar-refractivity contribution in [3.05, 3.63) is 42.5 Å². The lowest BCUT2D eigenvalue weighted by atomic mass is 10.1. The fourth-order valence-corrected chi connectivity index (χ4v) is 3.75. The van der Waals surface area contributed by atoms with Crippen molar-refractivity contribution in [2.45, 2.75) is 40.2 Å². The van der Waals surface area contributed by atoms with E-state index in [-0.39, 0.29) is 30.3 Å². The molecule has 1 aromatic carbocycles. The van der Waals surface area contributed by atoms with Gasteiger partial charge in [-0.1, -0.05) is 44.2 Å². The molecule has 0 atom stereocenters. The number of rotatable bonds is 6. The molecule has 2 aromatic rings. The topological polar surface area (TPSA) is 69.6 Å². The summed E-state index contributed by atoms with van der Waals surface area (Å²) in [5.74, 6) is 0.740. The molecule has 0 saturated carbocycles. The summed E-state index contributed by atoms with van der Waals surface area (Å²) in [5.41, 5.74) is 1.89. The van der Waals surface area contributed by atoms with E-state index in [1.165, 1.54) is 0 Å². The minimum atomic E-state index is -0.118. The summed E-state index contributed by atoms with van der Waals surface area (Å²) in [5, 5.41) is 8.81. The Hall–Kier alpha value is -2.96. The number of hydrogen-bond donors (Lipinski definition) is 0. The summed E-state index contributed by atoms with van der Waals surface area (Å²) in [6.45, 7) is 10.6. The van der Waals surface area contributed by atoms with Crippen LogP contribution in [-0.4, -0.2) is 70.6 Å². The first-order valence-corrected chi connectivity index (χ1v) is 11.1. The van der Waals surface area contributed by atoms with Crippen LogP contribution in [0.3, 0.4) is 0 Å². The molecule has 1 fully saturated rings. The molecular formula is C24H33N5O2. The summed E-state index contributed by atoms with van der Waals surface area (Å²) in [6.07, 6.45) is 0.855. The van der Waals surface area contributed by atoms with E-state index in [1.807, 2.05) is 75.1 Å². The third-order valence-electron chi connectivity index (χ3n) is 5.60. The van der Waals surface area contributed by atoms with Crippen molar-refractivity contribution in [2.75, 3.05) is 37.6 Å². The van der Waals surface area contributed by atoms with Crippen LogP contribution in [-0.2, 0) is 9.59 Å². The molecule has 0 unspecified atom stereocenters. The predicted octanol–water partition coefficient (Wildman–Crippen LogP) is 3.08. The Kier molecular flexibility index (Phi) is 7.60. The smallest absolute Gasteiger partial charge is 0.242 e. The Bertz CT molecular complexity index is 867. The third kappa shape index (κ3) is 5.81. The average Bonchev–Trinajstić information content (AvgIpc) is 3.04. The van der Waals surface area contributed by atoms with Gasteiger partial charge in [-0.25, -0.2) is 0 Å². The van der Waals surface area contributed by atoms with Crippen molar-refractivity contribution in [1.29, 1.82) is 0 Å². The van der Waals surface area contributed by atoms with Crippen LogP contribution >= 0.6 is 0 Å². The lowest BCUT2D eigenvalue weighted by Crippen LogP contribution is -2.48. The molecule has 0 bridgehead atoms. The van der Waals surface area contributed by atoms with Gasteiger partial charge in [0, 0.05) is 43.7 Å². The van der Waals surface area contributed by atoms with Crippen LogP contribution < -0.4 is 4.90 Å². The summed E-state index contributed by atoms with van der Waals surface area (Å²) < 4.78 is 0. The van der Waals surface area contributed by atoms with Crippen LogP contribution in [0.4, 0.5) is 5.82 Å². The Labute approximate surface area is 185 Å². The summed E-state index contributed by atoms with van der Waals surface area (Å²) in [6, 6.07) is 14.0. The van der Waals surface area contributed by atoms with Gasteiger partial charge in [0.1, 0.15) is 0 Å². The zero-order chi connectivity index (χ0) is 22.4. The van der Waals surface area contributed by atoms with Crippen LogP contribution in [0, 0.1) is 5.92 Å². The molecule has 0 N–H and O–H groups in total. The zero-order valence-electron chi connectivity index (χ0n) is 19.0. The van der Waals surface area contributed by atoms with Crippen molar-refractivity contribution in [3.63, 3.8) is 0 Å². The molecule has 31 heavy (non-hydrogen) atoms. The Morgan fingerprint density at radius 1 is 0.935 bits per heavy atom. The quantitative estimate of drug-likeness (QED) is 0.714. The van der Waals surface area contributed by atoms with Crippen LogP contribution in [0.5, 0.6) is 0 Å². The van der Waals surface area contributed by atoms with E-state index in [4.69, 9.17) is 0 Å². The first kappa shape index (κ1) is 22.7. The van der Waals surface area contributed by atoms with E-state index < -0.39 is 0 Å². The van der Waals surface area contributed by atoms with E-state index in [0.29, 0.717) is 19.6 Å². The second kappa shape index (κ2) is 10.4. The van der Waals surface area contributed by atoms with E-state index in [9.17, 15) is 9.59 Å². The van der Waals surface area contributed by atoms with E-state index >= 15 is 0 Å². The summed E-state index contributed by atoms with van der Waals surface area (Å²) >= 11 is 0. The standard InChI is InChI=1S/C24H33N5O2/c1-18(2)24(31)29(19(3)4)17-23(30)28-14-8-13-27(15-16-28)22-12-11-21(25-26-22)20-9-6-5-7-10-20/h5-7,9-12,18-19H,8,13-17H2,1-4H3. The molecule has 1 saturated heterocycles. The van der Waals surface area contributed by atoms with Crippen molar-refractivity contribution in [1.82, 2.24) is 20.0 Å². The van der Waals surface area contributed by atoms with Crippen LogP contribution in [0.15, 0.2) is 42.5 Å². The molecule has 7 heteroatoms. The zero-order valence-corrected chi connectivity index (χ0v) is 19.0. The molecule has 0 aliphatic carbocycles. The maximum absolute atomic E-state index is 12.9. The molecule has 1 aliphatic heterocycles. The molecular weight excluding hydrogens is 390 g/mol. The highest BCUT2D eigenvalue weighted by Gasteiger charge is 2.26. The lowest BCUT2D eigenvalue weighted by Gasteiger charge is -2.30. The van der Waals surface area contributed by atoms with Gasteiger partial charge in [0.15, 0.2) is 5.82 Å². The van der Waals surface area contributed by atoms with Gasteiger partial charge in [-0.05, 0) is 32.4 Å². The normalized spacial score (nSPS) is 14.6. The Balaban J connectivity index is 1.61. The van der Waals surface area contributed by atoms with Gasteiger partial charge in [0.2, 0.25) is 11.8 Å². The monoisotopic (exact) mass is 423 g/mol. The van der Waals surface area contributed by atoms with Gasteiger partial charge in [0.05, 0.1) is 12.2 Å². The highest BCUT2D eigenvalue weighted by Crippen LogP contribution is 2.19. The second-order valence-electron chi connectivity index (χ2n) is 8.58. The molecule has 7 nitrogen and oxygen atoms in total. The van der Waals surface area contributed by atoms with E-state index in [1.54, 1.807) is 4.90 Å². The fraction of sp³-hybridized carbons (Fsp3) is 0.500. The summed E-state index contributed by atoms with van der Waals surface area (Å²) in [4.78, 5) is 31.1. The van der Waals surface area contributed by atoms with Crippen molar-refractivity contribution >= 4 is 17.6 Å². The highest BCUT2D eigenvalue weighted by atomic mass is 16.2. The first-order valence-electron chi connectivity index (χ1n) is 11.1. The molecule has 1 aliphatic rings. The van der Waals surface area contributed by atoms with Gasteiger partial charge >= 0.3 is 0 Å². The van der Waals surface area contributed by atoms with Gasteiger partial charge in [-0.15, -0.1) is 10.2 Å². The lowest BCUT2D eigenvalue weighted by molar-refractivity contribution is -0.143. The second-order valence-corrected chi connectivity index (χ2v) is 8.58. The highest BCUT2D eigenvalue weighted by molar-refractivity contribution is 5.86. The van der Waals surface area contributed by atoms with Gasteiger partial charge < -0.3 is 14.7 Å². The molecule has 0 spiro atoms. The molecule has 0 radical (unpaired) electrons. The Morgan fingerprint density at radius 2 is 1.68 bits per heavy atom. The number of hydrogen-bond acceptors (Lipinski definition) is 5. The maximum Gasteiger partial charge on any atom is 0.242 e. The van der Waals surface area contributed by atoms with Crippen molar-refractivity contribution in [2.24, 2.45) is 5.92 Å². The minimum absolute atomic E-state index is 0.000676. The number of aromatic nitrogens is 2. The molecule has 2 heterocycles. The van der Waals surface area contributed by atoms with Crippen molar-refractivity contribution < 1.29 is 9.59 Å². The average molecular weight is 424 g/mol. The van der Waals surface area contributed by atoms with Crippen LogP contribution in [0.2, 0.25) is 0 Å². The summed E-state index contributed by atoms with van der Waals surface area (Å²) in [7, 11) is 0. The number of carbonyl (C=O) groups excluding carboxylic acids is 2. The SMILES string of the molecule is CC(C)C(=O)N(CC(=O)N1CCCN(c2ccc(-c3ccccc3)nn2)CC1)C(C)C. The number of nitrogens with zero attached hydrogens (tertiary/aromatic N) is 5. The number of anilines is 1. The van der Waals surface area contributed by atoms with Gasteiger partial charge in [-0.2, -0.15) is 0 Å². The molecule has 1 aromatic heterocycles. The fourth-order valence-electron chi connectivity index (χ4n) is 3.75. The first-order chi connectivity index (χ1) is 14.9. The third-order valence-corrected chi connectivity index (χ3v) is 5.60.